The first kappa shape index (κ1) is 51.8. The fourth-order valence-corrected chi connectivity index (χ4v) is 19.4. The van der Waals surface area contributed by atoms with Gasteiger partial charge in [-0.05, 0) is 205 Å². The minimum absolute atomic E-state index is 0. The summed E-state index contributed by atoms with van der Waals surface area (Å²) in [5.74, 6) is 1.57. The topological polar surface area (TPSA) is 53.4 Å². The third-order valence-electron chi connectivity index (χ3n) is 18.7. The van der Waals surface area contributed by atoms with Gasteiger partial charge in [-0.15, -0.1) is 0 Å². The molecule has 1 heterocycles. The van der Waals surface area contributed by atoms with Crippen LogP contribution in [0.4, 0.5) is 0 Å². The molecule has 5 aromatic rings. The molecule has 8 bridgehead atoms. The Bertz CT molecular complexity index is 2550. The first-order chi connectivity index (χ1) is 30.8. The summed E-state index contributed by atoms with van der Waals surface area (Å²) >= 11 is 0. The third-order valence-corrected chi connectivity index (χ3v) is 18.7. The number of pyridine rings is 1. The van der Waals surface area contributed by atoms with Gasteiger partial charge >= 0.3 is 0 Å². The summed E-state index contributed by atoms with van der Waals surface area (Å²) in [6.07, 6.45) is 14.7. The molecular weight excluding hydrogens is 1010 g/mol. The van der Waals surface area contributed by atoms with Crippen molar-refractivity contribution in [2.45, 2.75) is 183 Å². The van der Waals surface area contributed by atoms with Gasteiger partial charge < -0.3 is 25.1 Å². The van der Waals surface area contributed by atoms with Gasteiger partial charge in [0.2, 0.25) is 0 Å². The molecule has 3 nitrogen and oxygen atoms in total. The van der Waals surface area contributed by atoms with Gasteiger partial charge in [0.05, 0.1) is 11.4 Å². The molecule has 0 radical (unpaired) electrons. The van der Waals surface area contributed by atoms with E-state index in [1.807, 2.05) is 0 Å². The Labute approximate surface area is 436 Å². The van der Waals surface area contributed by atoms with Crippen LogP contribution in [-0.2, 0) is 36.7 Å². The molecule has 4 heteroatoms. The van der Waals surface area contributed by atoms with Crippen LogP contribution in [0.5, 0.6) is 11.5 Å². The van der Waals surface area contributed by atoms with Crippen molar-refractivity contribution in [3.05, 3.63) is 127 Å². The number of aromatic hydroxyl groups is 2. The zero-order chi connectivity index (χ0) is 46.8. The van der Waals surface area contributed by atoms with Crippen LogP contribution >= 0.6 is 0 Å². The zero-order valence-electron chi connectivity index (χ0n) is 45.0. The number of phenols is 2. The zero-order valence-corrected chi connectivity index (χ0v) is 48.6. The van der Waals surface area contributed by atoms with E-state index in [1.165, 1.54) is 71.9 Å². The molecule has 4 aromatic carbocycles. The fraction of sp³-hybridized carbons (Fsp3) is 0.523. The molecule has 1 aromatic heterocycles. The molecule has 69 heavy (non-hydrogen) atoms. The van der Waals surface area contributed by atoms with Gasteiger partial charge in [-0.25, -0.2) is 4.98 Å². The van der Waals surface area contributed by atoms with E-state index in [4.69, 9.17) is 4.98 Å². The first-order valence-electron chi connectivity index (χ1n) is 25.8. The summed E-state index contributed by atoms with van der Waals surface area (Å²) in [4.78, 5) is 5.64. The van der Waals surface area contributed by atoms with Crippen molar-refractivity contribution in [3.63, 3.8) is 0 Å². The smallest absolute Gasteiger partial charge is 0.127 e. The van der Waals surface area contributed by atoms with E-state index in [1.54, 1.807) is 0 Å². The van der Waals surface area contributed by atoms with Crippen LogP contribution in [0.3, 0.4) is 0 Å². The Kier molecular flexibility index (Phi) is 12.6. The average molecular weight is 1090 g/mol. The summed E-state index contributed by atoms with van der Waals surface area (Å²) in [7, 11) is 0. The van der Waals surface area contributed by atoms with E-state index in [0.717, 1.165) is 83.3 Å². The number of phenolic OH excluding ortho intramolecular Hbond substituents is 2. The second kappa shape index (κ2) is 16.8. The van der Waals surface area contributed by atoms with Gasteiger partial charge in [-0.3, -0.25) is 0 Å². The Balaban J connectivity index is 0.00000214. The fourth-order valence-electron chi connectivity index (χ4n) is 19.4. The van der Waals surface area contributed by atoms with Crippen molar-refractivity contribution in [1.82, 2.24) is 4.98 Å². The number of benzene rings is 4. The monoisotopic (exact) mass is 1090 g/mol. The second-order valence-corrected chi connectivity index (χ2v) is 27.3. The van der Waals surface area contributed by atoms with Crippen molar-refractivity contribution in [1.29, 1.82) is 0 Å². The molecule has 2 N–H and O–H groups in total. The molecule has 8 fully saturated rings. The molecule has 0 unspecified atom stereocenters. The van der Waals surface area contributed by atoms with E-state index < -0.39 is 0 Å². The Morgan fingerprint density at radius 2 is 0.710 bits per heavy atom. The predicted molar refractivity (Wildman–Crippen MR) is 287 cm³/mol. The summed E-state index contributed by atoms with van der Waals surface area (Å²) < 4.78 is 0. The molecule has 0 aliphatic heterocycles. The number of rotatable bonds is 8. The van der Waals surface area contributed by atoms with Crippen LogP contribution < -0.4 is 0 Å². The van der Waals surface area contributed by atoms with Gasteiger partial charge in [0.15, 0.2) is 0 Å². The Morgan fingerprint density at radius 3 is 1.00 bits per heavy atom. The van der Waals surface area contributed by atoms with Crippen molar-refractivity contribution in [2.24, 2.45) is 32.5 Å². The van der Waals surface area contributed by atoms with Crippen LogP contribution in [-0.4, -0.2) is 15.2 Å². The molecular formula is C65H83HfNO2-2. The van der Waals surface area contributed by atoms with E-state index in [-0.39, 0.29) is 51.5 Å². The molecule has 8 aliphatic carbocycles. The standard InChI is InChI=1S/C63H77NO2.2CH3.Hf/c1-38(2)42-16-18-44(48-20-40(5)22-50(54(48)65)62-32-56(7)26-57(8,33-62)28-58(9,27-56)34-62)46(24-42)52-14-13-15-53(64-52)47-25-43(39(3)4)17-19-45(47)49-21-41(6)23-51(55(49)66)63-35-59(10)29-60(11,36-63)31-61(12,30-59)37-63;;;/h13-25,38-39,65-66H,26-37H2,1-12H3;2*1H3;/q;2*-1;. The predicted octanol–water partition coefficient (Wildman–Crippen LogP) is 18.2. The summed E-state index contributed by atoms with van der Waals surface area (Å²) in [6.45, 7) is 28.7. The average Bonchev–Trinajstić information content (AvgIpc) is 3.18. The van der Waals surface area contributed by atoms with Crippen LogP contribution in [0.25, 0.3) is 44.8 Å². The summed E-state index contributed by atoms with van der Waals surface area (Å²) in [5.41, 5.74) is 16.8. The summed E-state index contributed by atoms with van der Waals surface area (Å²) in [6, 6.07) is 29.3. The van der Waals surface area contributed by atoms with Crippen molar-refractivity contribution < 1.29 is 36.1 Å². The van der Waals surface area contributed by atoms with E-state index in [2.05, 4.69) is 162 Å². The maximum absolute atomic E-state index is 12.8. The molecule has 8 saturated carbocycles. The maximum atomic E-state index is 12.8. The van der Waals surface area contributed by atoms with Gasteiger partial charge in [-0.2, -0.15) is 0 Å². The minimum Gasteiger partial charge on any atom is -0.507 e. The van der Waals surface area contributed by atoms with Crippen LogP contribution in [0, 0.1) is 61.2 Å². The van der Waals surface area contributed by atoms with Crippen molar-refractivity contribution in [2.75, 3.05) is 0 Å². The quantitative estimate of drug-likeness (QED) is 0.120. The van der Waals surface area contributed by atoms with Crippen LogP contribution in [0.15, 0.2) is 78.9 Å². The normalized spacial score (nSPS) is 33.6. The summed E-state index contributed by atoms with van der Waals surface area (Å²) in [5, 5.41) is 25.7. The van der Waals surface area contributed by atoms with E-state index >= 15 is 0 Å². The SMILES string of the molecule is Cc1cc(-c2ccc(C(C)C)cc2-c2cccc(-c3cc(C(C)C)ccc3-c3cc(C)cc(C45CC6(C)CC(C)(CC(C)(C6)C4)C5)c3O)n2)c(O)c(C23CC4(C)CC(C)(CC(C)(C4)C2)C3)c1.[CH3-].[CH3-].[Hf]. The molecule has 13 rings (SSSR count). The Morgan fingerprint density at radius 1 is 0.406 bits per heavy atom. The minimum atomic E-state index is -0.0311. The number of aryl methyl sites for hydroxylation is 2. The van der Waals surface area contributed by atoms with Crippen LogP contribution in [0.2, 0.25) is 0 Å². The number of aromatic nitrogens is 1. The molecule has 0 amide bonds. The maximum Gasteiger partial charge on any atom is 0.127 e. The van der Waals surface area contributed by atoms with Gasteiger partial charge in [0, 0.05) is 70.1 Å². The van der Waals surface area contributed by atoms with E-state index in [0.29, 0.717) is 55.8 Å². The third kappa shape index (κ3) is 8.47. The van der Waals surface area contributed by atoms with Gasteiger partial charge in [-0.1, -0.05) is 112 Å². The second-order valence-electron chi connectivity index (χ2n) is 27.3. The van der Waals surface area contributed by atoms with Crippen molar-refractivity contribution in [3.8, 4) is 56.3 Å². The number of nitrogens with zero attached hydrogens (tertiary/aromatic N) is 1. The number of hydrogen-bond donors (Lipinski definition) is 2. The van der Waals surface area contributed by atoms with Gasteiger partial charge in [0.25, 0.3) is 0 Å². The largest absolute Gasteiger partial charge is 0.507 e. The Hall–Kier alpha value is -3.50. The molecule has 8 aliphatic rings. The first-order valence-corrected chi connectivity index (χ1v) is 25.8. The number of hydrogen-bond acceptors (Lipinski definition) is 3. The molecule has 0 spiro atoms. The molecule has 366 valence electrons. The van der Waals surface area contributed by atoms with Gasteiger partial charge in [0.1, 0.15) is 11.5 Å². The van der Waals surface area contributed by atoms with Crippen LogP contribution in [0.1, 0.15) is 192 Å². The van der Waals surface area contributed by atoms with E-state index in [9.17, 15) is 10.2 Å². The van der Waals surface area contributed by atoms with Crippen molar-refractivity contribution >= 4 is 0 Å². The molecule has 0 atom stereocenters. The molecule has 0 saturated heterocycles.